The molecule has 8 nitrogen and oxygen atoms in total. The lowest BCUT2D eigenvalue weighted by atomic mass is 10.1. The van der Waals surface area contributed by atoms with Crippen molar-refractivity contribution in [1.29, 1.82) is 0 Å². The normalized spacial score (nSPS) is 11.5. The molecule has 0 bridgehead atoms. The molecule has 1 atom stereocenters. The van der Waals surface area contributed by atoms with Gasteiger partial charge in [-0.15, -0.1) is 0 Å². The summed E-state index contributed by atoms with van der Waals surface area (Å²) >= 11 is 0. The average molecular weight is 327 g/mol. The molecule has 0 aliphatic heterocycles. The van der Waals surface area contributed by atoms with Crippen molar-refractivity contribution in [2.24, 2.45) is 0 Å². The van der Waals surface area contributed by atoms with Gasteiger partial charge in [-0.2, -0.15) is 0 Å². The minimum Gasteiger partial charge on any atom is -0.493 e. The zero-order valence-electron chi connectivity index (χ0n) is 13.5. The summed E-state index contributed by atoms with van der Waals surface area (Å²) in [7, 11) is 5.72. The van der Waals surface area contributed by atoms with E-state index >= 15 is 0 Å². The molecule has 0 radical (unpaired) electrons. The van der Waals surface area contributed by atoms with Crippen molar-refractivity contribution < 1.29 is 33.6 Å². The highest BCUT2D eigenvalue weighted by molar-refractivity contribution is 5.80. The number of benzene rings is 1. The summed E-state index contributed by atoms with van der Waals surface area (Å²) in [5, 5.41) is 11.4. The van der Waals surface area contributed by atoms with Crippen LogP contribution in [0.5, 0.6) is 17.2 Å². The van der Waals surface area contributed by atoms with Gasteiger partial charge in [0.05, 0.1) is 34.3 Å². The number of carboxylic acids is 1. The van der Waals surface area contributed by atoms with E-state index < -0.39 is 12.1 Å². The highest BCUT2D eigenvalue weighted by atomic mass is 16.5. The third-order valence-electron chi connectivity index (χ3n) is 3.13. The maximum Gasteiger partial charge on any atom is 0.334 e. The number of carbonyl (C=O) groups excluding carboxylic acids is 1. The van der Waals surface area contributed by atoms with Gasteiger partial charge >= 0.3 is 5.97 Å². The SMILES string of the molecule is COc1cc(CC(=O)NCC(OC)C(=O)O)cc(OC)c1OC. The van der Waals surface area contributed by atoms with E-state index in [0.717, 1.165) is 0 Å². The topological polar surface area (TPSA) is 103 Å². The zero-order valence-corrected chi connectivity index (χ0v) is 13.5. The summed E-state index contributed by atoms with van der Waals surface area (Å²) in [4.78, 5) is 22.8. The fourth-order valence-corrected chi connectivity index (χ4v) is 1.96. The second kappa shape index (κ2) is 8.84. The molecule has 0 saturated carbocycles. The van der Waals surface area contributed by atoms with Crippen LogP contribution in [0, 0.1) is 0 Å². The summed E-state index contributed by atoms with van der Waals surface area (Å²) in [5.74, 6) is -0.169. The van der Waals surface area contributed by atoms with E-state index in [4.69, 9.17) is 24.1 Å². The van der Waals surface area contributed by atoms with Crippen molar-refractivity contribution in [3.05, 3.63) is 17.7 Å². The third kappa shape index (κ3) is 5.03. The molecule has 2 N–H and O–H groups in total. The molecule has 23 heavy (non-hydrogen) atoms. The first-order chi connectivity index (χ1) is 11.0. The van der Waals surface area contributed by atoms with E-state index in [-0.39, 0.29) is 18.9 Å². The Hall–Kier alpha value is -2.48. The largest absolute Gasteiger partial charge is 0.493 e. The van der Waals surface area contributed by atoms with Crippen molar-refractivity contribution >= 4 is 11.9 Å². The van der Waals surface area contributed by atoms with Crippen molar-refractivity contribution in [2.45, 2.75) is 12.5 Å². The van der Waals surface area contributed by atoms with E-state index in [1.807, 2.05) is 0 Å². The van der Waals surface area contributed by atoms with Crippen LogP contribution in [-0.4, -0.2) is 58.1 Å². The molecule has 0 spiro atoms. The summed E-state index contributed by atoms with van der Waals surface area (Å²) in [5.41, 5.74) is 0.640. The summed E-state index contributed by atoms with van der Waals surface area (Å²) in [6.45, 7) is -0.116. The Morgan fingerprint density at radius 2 is 1.65 bits per heavy atom. The molecule has 128 valence electrons. The monoisotopic (exact) mass is 327 g/mol. The number of amides is 1. The van der Waals surface area contributed by atoms with Gasteiger partial charge in [-0.25, -0.2) is 4.79 Å². The van der Waals surface area contributed by atoms with Gasteiger partial charge < -0.3 is 29.4 Å². The molecule has 1 unspecified atom stereocenters. The molecule has 1 rings (SSSR count). The van der Waals surface area contributed by atoms with Gasteiger partial charge in [0.15, 0.2) is 17.6 Å². The summed E-state index contributed by atoms with van der Waals surface area (Å²) < 4.78 is 20.4. The van der Waals surface area contributed by atoms with E-state index in [1.165, 1.54) is 28.4 Å². The van der Waals surface area contributed by atoms with Gasteiger partial charge in [0.2, 0.25) is 11.7 Å². The molecule has 0 heterocycles. The Kier molecular flexibility index (Phi) is 7.14. The number of aliphatic carboxylic acids is 1. The lowest BCUT2D eigenvalue weighted by molar-refractivity contribution is -0.148. The highest BCUT2D eigenvalue weighted by Gasteiger charge is 2.18. The van der Waals surface area contributed by atoms with Crippen LogP contribution in [0.25, 0.3) is 0 Å². The molecule has 0 aliphatic rings. The van der Waals surface area contributed by atoms with Crippen LogP contribution in [0.1, 0.15) is 5.56 Å². The van der Waals surface area contributed by atoms with Gasteiger partial charge in [0, 0.05) is 7.11 Å². The maximum absolute atomic E-state index is 11.9. The quantitative estimate of drug-likeness (QED) is 0.679. The van der Waals surface area contributed by atoms with Crippen molar-refractivity contribution in [1.82, 2.24) is 5.32 Å². The molecule has 1 amide bonds. The molecular weight excluding hydrogens is 306 g/mol. The lowest BCUT2D eigenvalue weighted by Crippen LogP contribution is -2.38. The first-order valence-electron chi connectivity index (χ1n) is 6.78. The molecular formula is C15H21NO7. The van der Waals surface area contributed by atoms with Crippen molar-refractivity contribution in [3.63, 3.8) is 0 Å². The van der Waals surface area contributed by atoms with Crippen LogP contribution in [0.15, 0.2) is 12.1 Å². The Morgan fingerprint density at radius 1 is 1.09 bits per heavy atom. The van der Waals surface area contributed by atoms with Gasteiger partial charge in [0.25, 0.3) is 0 Å². The van der Waals surface area contributed by atoms with Gasteiger partial charge in [-0.1, -0.05) is 0 Å². The van der Waals surface area contributed by atoms with Gasteiger partial charge in [-0.3, -0.25) is 4.79 Å². The molecule has 0 saturated heterocycles. The van der Waals surface area contributed by atoms with Crippen LogP contribution in [0.2, 0.25) is 0 Å². The Balaban J connectivity index is 2.80. The molecule has 1 aromatic rings. The number of carboxylic acid groups (broad SMARTS) is 1. The van der Waals surface area contributed by atoms with E-state index in [2.05, 4.69) is 5.32 Å². The second-order valence-corrected chi connectivity index (χ2v) is 4.58. The standard InChI is InChI=1S/C15H21NO7/c1-20-10-5-9(6-11(21-2)14(10)23-4)7-13(17)16-8-12(22-3)15(18)19/h5-6,12H,7-8H2,1-4H3,(H,16,17)(H,18,19). The fraction of sp³-hybridized carbons (Fsp3) is 0.467. The Morgan fingerprint density at radius 3 is 2.04 bits per heavy atom. The average Bonchev–Trinajstić information content (AvgIpc) is 2.53. The fourth-order valence-electron chi connectivity index (χ4n) is 1.96. The zero-order chi connectivity index (χ0) is 17.4. The molecule has 1 aromatic carbocycles. The molecule has 8 heteroatoms. The summed E-state index contributed by atoms with van der Waals surface area (Å²) in [6.07, 6.45) is -1.05. The smallest absolute Gasteiger partial charge is 0.334 e. The van der Waals surface area contributed by atoms with Crippen LogP contribution >= 0.6 is 0 Å². The molecule has 0 fully saturated rings. The number of rotatable bonds is 9. The minimum absolute atomic E-state index is 0.0345. The number of nitrogens with one attached hydrogen (secondary N) is 1. The third-order valence-corrected chi connectivity index (χ3v) is 3.13. The Labute approximate surface area is 134 Å². The second-order valence-electron chi connectivity index (χ2n) is 4.58. The van der Waals surface area contributed by atoms with Gasteiger partial charge in [-0.05, 0) is 17.7 Å². The Bertz CT molecular complexity index is 534. The maximum atomic E-state index is 11.9. The first kappa shape index (κ1) is 18.6. The first-order valence-corrected chi connectivity index (χ1v) is 6.78. The number of carbonyl (C=O) groups is 2. The van der Waals surface area contributed by atoms with Crippen LogP contribution < -0.4 is 19.5 Å². The number of hydrogen-bond donors (Lipinski definition) is 2. The van der Waals surface area contributed by atoms with E-state index in [9.17, 15) is 9.59 Å². The van der Waals surface area contributed by atoms with Crippen molar-refractivity contribution in [3.8, 4) is 17.2 Å². The number of methoxy groups -OCH3 is 4. The van der Waals surface area contributed by atoms with E-state index in [1.54, 1.807) is 12.1 Å². The minimum atomic E-state index is -1.14. The van der Waals surface area contributed by atoms with E-state index in [0.29, 0.717) is 22.8 Å². The number of ether oxygens (including phenoxy) is 4. The molecule has 0 aliphatic carbocycles. The van der Waals surface area contributed by atoms with Crippen LogP contribution in [-0.2, 0) is 20.7 Å². The van der Waals surface area contributed by atoms with Crippen molar-refractivity contribution in [2.75, 3.05) is 35.0 Å². The lowest BCUT2D eigenvalue weighted by Gasteiger charge is -2.15. The highest BCUT2D eigenvalue weighted by Crippen LogP contribution is 2.38. The predicted molar refractivity (Wildman–Crippen MR) is 81.2 cm³/mol. The van der Waals surface area contributed by atoms with Gasteiger partial charge in [0.1, 0.15) is 0 Å². The van der Waals surface area contributed by atoms with Crippen LogP contribution in [0.4, 0.5) is 0 Å². The number of hydrogen-bond acceptors (Lipinski definition) is 6. The summed E-state index contributed by atoms with van der Waals surface area (Å²) in [6, 6.07) is 3.32. The molecule has 0 aromatic heterocycles. The van der Waals surface area contributed by atoms with Crippen LogP contribution in [0.3, 0.4) is 0 Å². The predicted octanol–water partition coefficient (Wildman–Crippen LogP) is 0.471.